The Morgan fingerprint density at radius 1 is 0.469 bits per heavy atom. The molecule has 0 spiro atoms. The number of quaternary nitrogens is 1. The average Bonchev–Trinajstić information content (AvgIpc) is 2.74. The molecule has 0 heterocycles. The topological polar surface area (TPSA) is 27.7 Å². The SMILES string of the molecule is CCCCCCCCCCCCCCCC[N+](C)(C)CCC[Si](OCC)(OCC)OCC. The van der Waals surface area contributed by atoms with E-state index in [4.69, 9.17) is 13.3 Å². The molecule has 0 atom stereocenters. The van der Waals surface area contributed by atoms with Crippen molar-refractivity contribution in [2.75, 3.05) is 47.0 Å². The zero-order valence-electron chi connectivity index (χ0n) is 23.0. The zero-order valence-corrected chi connectivity index (χ0v) is 24.0. The van der Waals surface area contributed by atoms with Gasteiger partial charge in [0.25, 0.3) is 0 Å². The van der Waals surface area contributed by atoms with Gasteiger partial charge in [-0.25, -0.2) is 0 Å². The van der Waals surface area contributed by atoms with E-state index in [1.807, 2.05) is 20.8 Å². The maximum Gasteiger partial charge on any atom is 0.501 e. The van der Waals surface area contributed by atoms with Gasteiger partial charge in [0.15, 0.2) is 0 Å². The lowest BCUT2D eigenvalue weighted by Crippen LogP contribution is -2.48. The molecule has 0 saturated heterocycles. The molecule has 0 aromatic carbocycles. The van der Waals surface area contributed by atoms with Gasteiger partial charge >= 0.3 is 8.80 Å². The van der Waals surface area contributed by atoms with E-state index in [0.717, 1.165) is 16.9 Å². The van der Waals surface area contributed by atoms with Gasteiger partial charge in [-0.15, -0.1) is 0 Å². The predicted molar refractivity (Wildman–Crippen MR) is 142 cm³/mol. The highest BCUT2D eigenvalue weighted by atomic mass is 28.4. The van der Waals surface area contributed by atoms with Gasteiger partial charge in [-0.1, -0.05) is 84.0 Å². The Hall–Kier alpha value is 0.0569. The van der Waals surface area contributed by atoms with Crippen LogP contribution in [0, 0.1) is 0 Å². The van der Waals surface area contributed by atoms with Gasteiger partial charge in [0.1, 0.15) is 0 Å². The van der Waals surface area contributed by atoms with Crippen molar-refractivity contribution in [2.24, 2.45) is 0 Å². The van der Waals surface area contributed by atoms with Crippen molar-refractivity contribution in [3.63, 3.8) is 0 Å². The van der Waals surface area contributed by atoms with E-state index in [9.17, 15) is 0 Å². The maximum atomic E-state index is 6.00. The molecule has 0 saturated carbocycles. The van der Waals surface area contributed by atoms with Crippen LogP contribution in [0.15, 0.2) is 0 Å². The van der Waals surface area contributed by atoms with Gasteiger partial charge in [0, 0.05) is 32.3 Å². The van der Waals surface area contributed by atoms with Crippen molar-refractivity contribution >= 4 is 8.80 Å². The van der Waals surface area contributed by atoms with Crippen molar-refractivity contribution < 1.29 is 17.8 Å². The van der Waals surface area contributed by atoms with Crippen molar-refractivity contribution in [2.45, 2.75) is 130 Å². The predicted octanol–water partition coefficient (Wildman–Crippen LogP) is 7.98. The first-order valence-corrected chi connectivity index (χ1v) is 16.1. The lowest BCUT2D eigenvalue weighted by Gasteiger charge is -2.32. The molecular weight excluding hydrogens is 414 g/mol. The number of rotatable bonds is 25. The molecule has 0 rings (SSSR count). The molecule has 32 heavy (non-hydrogen) atoms. The van der Waals surface area contributed by atoms with E-state index >= 15 is 0 Å². The largest absolute Gasteiger partial charge is 0.501 e. The van der Waals surface area contributed by atoms with Crippen LogP contribution < -0.4 is 0 Å². The Morgan fingerprint density at radius 2 is 0.812 bits per heavy atom. The molecule has 0 amide bonds. The van der Waals surface area contributed by atoms with E-state index in [1.54, 1.807) is 0 Å². The lowest BCUT2D eigenvalue weighted by molar-refractivity contribution is -0.890. The third-order valence-corrected chi connectivity index (χ3v) is 9.61. The van der Waals surface area contributed by atoms with Gasteiger partial charge in [-0.3, -0.25) is 0 Å². The molecule has 0 aliphatic rings. The van der Waals surface area contributed by atoms with Crippen molar-refractivity contribution in [3.8, 4) is 0 Å². The van der Waals surface area contributed by atoms with E-state index in [0.29, 0.717) is 19.8 Å². The molecule has 0 N–H and O–H groups in total. The van der Waals surface area contributed by atoms with Gasteiger partial charge in [-0.2, -0.15) is 0 Å². The van der Waals surface area contributed by atoms with Crippen LogP contribution in [0.3, 0.4) is 0 Å². The minimum Gasteiger partial charge on any atom is -0.374 e. The fraction of sp³-hybridized carbons (Fsp3) is 1.00. The van der Waals surface area contributed by atoms with E-state index in [1.165, 1.54) is 103 Å². The fourth-order valence-electron chi connectivity index (χ4n) is 4.57. The van der Waals surface area contributed by atoms with E-state index < -0.39 is 8.80 Å². The summed E-state index contributed by atoms with van der Waals surface area (Å²) in [6, 6.07) is 0.933. The summed E-state index contributed by atoms with van der Waals surface area (Å²) in [5, 5.41) is 0. The Labute approximate surface area is 203 Å². The highest BCUT2D eigenvalue weighted by Crippen LogP contribution is 2.20. The summed E-state index contributed by atoms with van der Waals surface area (Å²) in [6.07, 6.45) is 21.1. The summed E-state index contributed by atoms with van der Waals surface area (Å²) in [5.41, 5.74) is 0. The Balaban J connectivity index is 3.75. The van der Waals surface area contributed by atoms with Crippen molar-refractivity contribution in [1.82, 2.24) is 0 Å². The van der Waals surface area contributed by atoms with Gasteiger partial charge in [0.05, 0.1) is 27.2 Å². The summed E-state index contributed by atoms with van der Waals surface area (Å²) in [7, 11) is 2.26. The number of hydrogen-bond donors (Lipinski definition) is 0. The van der Waals surface area contributed by atoms with E-state index in [2.05, 4.69) is 21.0 Å². The van der Waals surface area contributed by atoms with Crippen LogP contribution in [0.2, 0.25) is 6.04 Å². The fourth-order valence-corrected chi connectivity index (χ4v) is 7.16. The highest BCUT2D eigenvalue weighted by molar-refractivity contribution is 6.60. The first-order chi connectivity index (χ1) is 15.4. The molecule has 0 aromatic rings. The Bertz CT molecular complexity index is 376. The lowest BCUT2D eigenvalue weighted by atomic mass is 10.0. The van der Waals surface area contributed by atoms with Gasteiger partial charge in [-0.05, 0) is 33.6 Å². The molecule has 0 aliphatic heterocycles. The number of nitrogens with zero attached hydrogens (tertiary/aromatic N) is 1. The summed E-state index contributed by atoms with van der Waals surface area (Å²) in [6.45, 7) is 12.9. The van der Waals surface area contributed by atoms with Crippen LogP contribution in [0.1, 0.15) is 124 Å². The van der Waals surface area contributed by atoms with E-state index in [-0.39, 0.29) is 0 Å². The normalized spacial score (nSPS) is 12.6. The zero-order chi connectivity index (χ0) is 24.0. The average molecular weight is 475 g/mol. The summed E-state index contributed by atoms with van der Waals surface area (Å²) in [5.74, 6) is 0. The minimum absolute atomic E-state index is 0.670. The summed E-state index contributed by atoms with van der Waals surface area (Å²) in [4.78, 5) is 0. The molecule has 0 radical (unpaired) electrons. The Kier molecular flexibility index (Phi) is 21.6. The van der Waals surface area contributed by atoms with Crippen LogP contribution in [-0.2, 0) is 13.3 Å². The molecule has 0 bridgehead atoms. The Morgan fingerprint density at radius 3 is 1.19 bits per heavy atom. The quantitative estimate of drug-likeness (QED) is 0.0762. The van der Waals surface area contributed by atoms with Gasteiger partial charge < -0.3 is 17.8 Å². The molecule has 4 nitrogen and oxygen atoms in total. The monoisotopic (exact) mass is 474 g/mol. The molecule has 194 valence electrons. The molecule has 0 aliphatic carbocycles. The smallest absolute Gasteiger partial charge is 0.374 e. The first-order valence-electron chi connectivity index (χ1n) is 14.2. The standard InChI is InChI=1S/C27H60NO3Si/c1-7-11-12-13-14-15-16-17-18-19-20-21-22-23-25-28(5,6)26-24-27-32(29-8-2,30-9-3)31-10-4/h7-27H2,1-6H3/q+1. The van der Waals surface area contributed by atoms with Crippen LogP contribution in [0.5, 0.6) is 0 Å². The molecule has 0 unspecified atom stereocenters. The van der Waals surface area contributed by atoms with Crippen LogP contribution in [-0.4, -0.2) is 60.3 Å². The molecule has 0 aromatic heterocycles. The highest BCUT2D eigenvalue weighted by Gasteiger charge is 2.40. The van der Waals surface area contributed by atoms with Crippen LogP contribution >= 0.6 is 0 Å². The molecular formula is C27H60NO3Si+. The third-order valence-electron chi connectivity index (χ3n) is 6.46. The number of unbranched alkanes of at least 4 members (excludes halogenated alkanes) is 13. The summed E-state index contributed by atoms with van der Waals surface area (Å²) < 4.78 is 19.1. The van der Waals surface area contributed by atoms with Gasteiger partial charge in [0.2, 0.25) is 0 Å². The second kappa shape index (κ2) is 21.6. The van der Waals surface area contributed by atoms with Crippen molar-refractivity contribution in [3.05, 3.63) is 0 Å². The van der Waals surface area contributed by atoms with Crippen LogP contribution in [0.25, 0.3) is 0 Å². The minimum atomic E-state index is -2.48. The van der Waals surface area contributed by atoms with Crippen LogP contribution in [0.4, 0.5) is 0 Å². The second-order valence-corrected chi connectivity index (χ2v) is 12.8. The second-order valence-electron chi connectivity index (χ2n) is 10.1. The summed E-state index contributed by atoms with van der Waals surface area (Å²) >= 11 is 0. The third kappa shape index (κ3) is 18.5. The maximum absolute atomic E-state index is 6.00. The molecule has 5 heteroatoms. The van der Waals surface area contributed by atoms with Crippen molar-refractivity contribution in [1.29, 1.82) is 0 Å². The molecule has 0 fully saturated rings. The number of hydrogen-bond acceptors (Lipinski definition) is 3. The first kappa shape index (κ1) is 32.1.